The summed E-state index contributed by atoms with van der Waals surface area (Å²) in [5, 5.41) is 13.2. The van der Waals surface area contributed by atoms with Gasteiger partial charge in [-0.2, -0.15) is 0 Å². The smallest absolute Gasteiger partial charge is 0.383 e. The zero-order chi connectivity index (χ0) is 14.7. The minimum Gasteiger partial charge on any atom is -0.504 e. The molecule has 1 nitrogen and oxygen atoms in total. The second kappa shape index (κ2) is 5.75. The Balaban J connectivity index is 2.29. The van der Waals surface area contributed by atoms with Gasteiger partial charge in [-0.3, -0.25) is 0 Å². The highest BCUT2D eigenvalue weighted by molar-refractivity contribution is 8.13. The summed E-state index contributed by atoms with van der Waals surface area (Å²) in [6.07, 6.45) is 0. The summed E-state index contributed by atoms with van der Waals surface area (Å²) >= 11 is 0. The first-order valence-electron chi connectivity index (χ1n) is 6.80. The molecule has 0 aliphatic heterocycles. The van der Waals surface area contributed by atoms with E-state index < -0.39 is 7.14 Å². The zero-order valence-corrected chi connectivity index (χ0v) is 12.4. The van der Waals surface area contributed by atoms with Crippen LogP contribution in [0.3, 0.4) is 0 Å². The van der Waals surface area contributed by atoms with Gasteiger partial charge in [-0.05, 0) is 36.4 Å². The van der Waals surface area contributed by atoms with E-state index in [9.17, 15) is 5.11 Å². The van der Waals surface area contributed by atoms with Crippen molar-refractivity contribution in [3.63, 3.8) is 0 Å². The molecule has 0 saturated carbocycles. The van der Waals surface area contributed by atoms with Gasteiger partial charge >= 0.3 is 7.57 Å². The molecule has 0 saturated heterocycles. The van der Waals surface area contributed by atoms with Gasteiger partial charge in [-0.25, -0.2) is 0 Å². The summed E-state index contributed by atoms with van der Waals surface area (Å²) in [5.41, 5.74) is 0. The van der Waals surface area contributed by atoms with Crippen molar-refractivity contribution in [1.82, 2.24) is 0 Å². The van der Waals surface area contributed by atoms with E-state index in [2.05, 4.69) is 0 Å². The molecule has 100 valence electrons. The van der Waals surface area contributed by atoms with E-state index in [1.165, 1.54) is 0 Å². The predicted octanol–water partition coefficient (Wildman–Crippen LogP) is 2.77. The Kier molecular flexibility index (Phi) is 3.81. The molecule has 1 N–H and O–H groups in total. The van der Waals surface area contributed by atoms with Gasteiger partial charge in [0.25, 0.3) is 0 Å². The van der Waals surface area contributed by atoms with Gasteiger partial charge in [0.2, 0.25) is 0 Å². The SMILES string of the molecule is [B][P+](c1ccccc1)(c1ccccc1)c1ccccc1O. The number of aromatic hydroxyl groups is 1. The van der Waals surface area contributed by atoms with Crippen molar-refractivity contribution in [3.05, 3.63) is 84.9 Å². The number of rotatable bonds is 3. The highest BCUT2D eigenvalue weighted by atomic mass is 31.2. The quantitative estimate of drug-likeness (QED) is 0.580. The lowest BCUT2D eigenvalue weighted by molar-refractivity contribution is 0.480. The van der Waals surface area contributed by atoms with Crippen molar-refractivity contribution < 1.29 is 5.11 Å². The molecule has 0 fully saturated rings. The second-order valence-corrected chi connectivity index (χ2v) is 7.84. The van der Waals surface area contributed by atoms with Crippen LogP contribution in [0.5, 0.6) is 5.75 Å². The molecule has 0 spiro atoms. The van der Waals surface area contributed by atoms with Crippen LogP contribution in [0, 0.1) is 0 Å². The molecule has 3 aromatic rings. The largest absolute Gasteiger partial charge is 0.504 e. The fourth-order valence-corrected chi connectivity index (χ4v) is 5.41. The number of hydrogen-bond acceptors (Lipinski definition) is 1. The normalized spacial score (nSPS) is 11.2. The molecule has 0 heterocycles. The van der Waals surface area contributed by atoms with Crippen molar-refractivity contribution in [2.75, 3.05) is 0 Å². The molecule has 0 unspecified atom stereocenters. The molecular weight excluding hydrogens is 274 g/mol. The summed E-state index contributed by atoms with van der Waals surface area (Å²) in [7, 11) is 4.60. The molecule has 0 bridgehead atoms. The number of phenolic OH excluding ortho intramolecular Hbond substituents is 1. The van der Waals surface area contributed by atoms with Crippen LogP contribution in [-0.2, 0) is 0 Å². The van der Waals surface area contributed by atoms with E-state index in [-0.39, 0.29) is 5.75 Å². The Morgan fingerprint density at radius 1 is 0.619 bits per heavy atom. The van der Waals surface area contributed by atoms with Gasteiger partial charge < -0.3 is 5.11 Å². The Morgan fingerprint density at radius 3 is 1.52 bits per heavy atom. The molecular formula is C18H15BOP+. The minimum absolute atomic E-state index is 0.251. The number of para-hydroxylation sites is 1. The lowest BCUT2D eigenvalue weighted by Crippen LogP contribution is -2.31. The fraction of sp³-hybridized carbons (Fsp3) is 0. The summed E-state index contributed by atoms with van der Waals surface area (Å²) in [5.74, 6) is 0.251. The lowest BCUT2D eigenvalue weighted by Gasteiger charge is -2.24. The van der Waals surface area contributed by atoms with Crippen LogP contribution in [0.1, 0.15) is 0 Å². The third-order valence-electron chi connectivity index (χ3n) is 3.59. The van der Waals surface area contributed by atoms with Crippen LogP contribution in [0.25, 0.3) is 0 Å². The highest BCUT2D eigenvalue weighted by Gasteiger charge is 2.41. The maximum Gasteiger partial charge on any atom is 0.383 e. The van der Waals surface area contributed by atoms with Gasteiger partial charge in [0.05, 0.1) is 17.8 Å². The third kappa shape index (κ3) is 2.48. The monoisotopic (exact) mass is 289 g/mol. The van der Waals surface area contributed by atoms with E-state index in [1.807, 2.05) is 78.9 Å². The molecule has 21 heavy (non-hydrogen) atoms. The van der Waals surface area contributed by atoms with Crippen LogP contribution >= 0.6 is 7.14 Å². The summed E-state index contributed by atoms with van der Waals surface area (Å²) in [6.45, 7) is 0. The zero-order valence-electron chi connectivity index (χ0n) is 11.6. The van der Waals surface area contributed by atoms with E-state index in [0.29, 0.717) is 0 Å². The van der Waals surface area contributed by atoms with Crippen LogP contribution in [0.15, 0.2) is 84.9 Å². The van der Waals surface area contributed by atoms with Gasteiger partial charge in [-0.15, -0.1) is 0 Å². The fourth-order valence-electron chi connectivity index (χ4n) is 2.52. The van der Waals surface area contributed by atoms with Crippen molar-refractivity contribution in [1.29, 1.82) is 0 Å². The molecule has 0 atom stereocenters. The average molecular weight is 289 g/mol. The first-order valence-corrected chi connectivity index (χ1v) is 8.66. The van der Waals surface area contributed by atoms with E-state index in [4.69, 9.17) is 7.57 Å². The Bertz CT molecular complexity index is 689. The summed E-state index contributed by atoms with van der Waals surface area (Å²) in [4.78, 5) is 0. The van der Waals surface area contributed by atoms with E-state index >= 15 is 0 Å². The van der Waals surface area contributed by atoms with Crippen molar-refractivity contribution in [2.24, 2.45) is 0 Å². The second-order valence-electron chi connectivity index (χ2n) is 4.88. The molecule has 3 heteroatoms. The summed E-state index contributed by atoms with van der Waals surface area (Å²) in [6, 6.07) is 27.4. The standard InChI is InChI=1S/C18H15BOP/c19-21(15-9-3-1-4-10-15,16-11-5-2-6-12-16)18-14-8-7-13-17(18)20/h1-14,20H/q+1. The molecule has 0 aromatic heterocycles. The third-order valence-corrected chi connectivity index (χ3v) is 6.95. The average Bonchev–Trinajstić information content (AvgIpc) is 2.56. The number of hydrogen-bond donors (Lipinski definition) is 1. The Hall–Kier alpha value is -2.05. The Labute approximate surface area is 127 Å². The molecule has 0 aliphatic carbocycles. The minimum atomic E-state index is -2.31. The van der Waals surface area contributed by atoms with Crippen LogP contribution in [0.2, 0.25) is 0 Å². The van der Waals surface area contributed by atoms with Gasteiger partial charge in [0.15, 0.2) is 5.75 Å². The molecule has 3 rings (SSSR count). The molecule has 2 radical (unpaired) electrons. The summed E-state index contributed by atoms with van der Waals surface area (Å²) < 4.78 is 0. The van der Waals surface area contributed by atoms with Gasteiger partial charge in [0, 0.05) is 0 Å². The van der Waals surface area contributed by atoms with Gasteiger partial charge in [-0.1, -0.05) is 48.5 Å². The van der Waals surface area contributed by atoms with E-state index in [0.717, 1.165) is 15.9 Å². The van der Waals surface area contributed by atoms with Crippen molar-refractivity contribution in [2.45, 2.75) is 0 Å². The molecule has 0 amide bonds. The molecule has 0 aliphatic rings. The maximum atomic E-state index is 10.3. The van der Waals surface area contributed by atoms with Crippen LogP contribution in [-0.4, -0.2) is 12.7 Å². The maximum absolute atomic E-state index is 10.3. The Morgan fingerprint density at radius 2 is 1.05 bits per heavy atom. The first kappa shape index (κ1) is 13.9. The van der Waals surface area contributed by atoms with Crippen LogP contribution < -0.4 is 15.9 Å². The topological polar surface area (TPSA) is 20.2 Å². The highest BCUT2D eigenvalue weighted by Crippen LogP contribution is 2.52. The molecule has 3 aromatic carbocycles. The van der Waals surface area contributed by atoms with Crippen molar-refractivity contribution in [3.8, 4) is 5.75 Å². The predicted molar refractivity (Wildman–Crippen MR) is 92.6 cm³/mol. The number of benzene rings is 3. The van der Waals surface area contributed by atoms with E-state index in [1.54, 1.807) is 6.07 Å². The first-order chi connectivity index (χ1) is 10.2. The van der Waals surface area contributed by atoms with Crippen molar-refractivity contribution >= 4 is 30.6 Å². The van der Waals surface area contributed by atoms with Crippen LogP contribution in [0.4, 0.5) is 0 Å². The van der Waals surface area contributed by atoms with Gasteiger partial charge in [0.1, 0.15) is 5.30 Å². The lowest BCUT2D eigenvalue weighted by atomic mass is 10.3. The number of phenols is 1.